The number of fused-ring (bicyclic) bond motifs is 17. The molecule has 0 unspecified atom stereocenters. The first-order chi connectivity index (χ1) is 23.3. The Kier molecular flexibility index (Phi) is 4.14. The smallest absolute Gasteiger partial charge is 0.247 e. The summed E-state index contributed by atoms with van der Waals surface area (Å²) in [7, 11) is 0. The molecule has 0 spiro atoms. The summed E-state index contributed by atoms with van der Waals surface area (Å²) < 4.78 is 5.03. The zero-order valence-electron chi connectivity index (χ0n) is 24.9. The highest BCUT2D eigenvalue weighted by Gasteiger charge is 2.40. The minimum atomic E-state index is 0.172. The molecule has 2 nitrogen and oxygen atoms in total. The second kappa shape index (κ2) is 8.06. The molecular formula is C42H21BN2S2. The van der Waals surface area contributed by atoms with E-state index in [0.29, 0.717) is 0 Å². The van der Waals surface area contributed by atoms with Gasteiger partial charge >= 0.3 is 0 Å². The minimum absolute atomic E-state index is 0.172. The molecule has 0 amide bonds. The van der Waals surface area contributed by atoms with E-state index in [1.807, 2.05) is 23.5 Å². The SMILES string of the molecule is c1cc2c3c(c1)Sc1c(cc4c5ccccc5n5c6ccccc6c1c45)B3c1cc3c4cccc5c6ccccc6n(c3cc1S2)c54. The fourth-order valence-electron chi connectivity index (χ4n) is 9.31. The van der Waals surface area contributed by atoms with Gasteiger partial charge in [-0.1, -0.05) is 125 Å². The fourth-order valence-corrected chi connectivity index (χ4v) is 11.9. The first-order valence-corrected chi connectivity index (χ1v) is 17.9. The molecule has 11 aromatic rings. The van der Waals surface area contributed by atoms with Crippen LogP contribution in [0, 0.1) is 0 Å². The van der Waals surface area contributed by atoms with Crippen molar-refractivity contribution in [3.63, 3.8) is 0 Å². The van der Waals surface area contributed by atoms with Crippen molar-refractivity contribution in [1.82, 2.24) is 8.80 Å². The molecule has 0 fully saturated rings. The standard InChI is InChI=1S/C42H21BN2S2/c1-4-14-31-22(9-1)24-12-7-13-25-27-19-29-37(21-34(27)45(31)40(24)25)46-35-17-8-18-36-39(35)43(29)30-20-28-23-10-2-5-15-32(23)44-33-16-6-3-11-26(33)38(41(28)44)42(30)47-36/h1-21H. The third-order valence-corrected chi connectivity index (χ3v) is 13.4. The van der Waals surface area contributed by atoms with Crippen LogP contribution in [0.1, 0.15) is 0 Å². The number of hydrogen-bond donors (Lipinski definition) is 0. The molecule has 0 bridgehead atoms. The Hall–Kier alpha value is -5.10. The molecule has 0 N–H and O–H groups in total. The third kappa shape index (κ3) is 2.68. The van der Waals surface area contributed by atoms with Gasteiger partial charge in [0.2, 0.25) is 6.71 Å². The lowest BCUT2D eigenvalue weighted by molar-refractivity contribution is 1.33. The van der Waals surface area contributed by atoms with Crippen LogP contribution in [-0.2, 0) is 0 Å². The summed E-state index contributed by atoms with van der Waals surface area (Å²) in [6.45, 7) is 0.172. The van der Waals surface area contributed by atoms with E-state index in [-0.39, 0.29) is 6.71 Å². The van der Waals surface area contributed by atoms with E-state index in [1.165, 1.54) is 112 Å². The van der Waals surface area contributed by atoms with Crippen molar-refractivity contribution in [3.8, 4) is 0 Å². The molecule has 5 heteroatoms. The number of benzene rings is 7. The lowest BCUT2D eigenvalue weighted by atomic mass is 9.36. The Bertz CT molecular complexity index is 3210. The molecule has 2 aliphatic rings. The Morgan fingerprint density at radius 1 is 0.404 bits per heavy atom. The molecule has 47 heavy (non-hydrogen) atoms. The molecule has 2 aliphatic heterocycles. The molecule has 13 rings (SSSR count). The summed E-state index contributed by atoms with van der Waals surface area (Å²) in [6, 6.07) is 48.3. The van der Waals surface area contributed by atoms with Gasteiger partial charge in [-0.15, -0.1) is 0 Å². The lowest BCUT2D eigenvalue weighted by Gasteiger charge is -2.33. The third-order valence-electron chi connectivity index (χ3n) is 11.1. The largest absolute Gasteiger partial charge is 0.308 e. The van der Waals surface area contributed by atoms with Crippen LogP contribution in [0.4, 0.5) is 0 Å². The predicted octanol–water partition coefficient (Wildman–Crippen LogP) is 9.43. The van der Waals surface area contributed by atoms with Gasteiger partial charge in [-0.3, -0.25) is 0 Å². The van der Waals surface area contributed by atoms with Gasteiger partial charge in [0, 0.05) is 62.7 Å². The maximum Gasteiger partial charge on any atom is 0.247 e. The molecule has 4 aromatic heterocycles. The van der Waals surface area contributed by atoms with Crippen molar-refractivity contribution in [1.29, 1.82) is 0 Å². The molecular weight excluding hydrogens is 607 g/mol. The van der Waals surface area contributed by atoms with Crippen LogP contribution in [-0.4, -0.2) is 15.5 Å². The molecule has 0 aliphatic carbocycles. The number of hydrogen-bond acceptors (Lipinski definition) is 2. The fraction of sp³-hybridized carbons (Fsp3) is 0. The Morgan fingerprint density at radius 2 is 0.979 bits per heavy atom. The van der Waals surface area contributed by atoms with E-state index in [2.05, 4.69) is 136 Å². The van der Waals surface area contributed by atoms with Gasteiger partial charge in [0.15, 0.2) is 0 Å². The Labute approximate surface area is 277 Å². The van der Waals surface area contributed by atoms with Crippen molar-refractivity contribution < 1.29 is 0 Å². The highest BCUT2D eigenvalue weighted by atomic mass is 32.2. The van der Waals surface area contributed by atoms with E-state index in [4.69, 9.17) is 0 Å². The Morgan fingerprint density at radius 3 is 1.77 bits per heavy atom. The highest BCUT2D eigenvalue weighted by Crippen LogP contribution is 2.48. The Balaban J connectivity index is 1.20. The van der Waals surface area contributed by atoms with E-state index >= 15 is 0 Å². The summed E-state index contributed by atoms with van der Waals surface area (Å²) in [5, 5.41) is 10.8. The van der Waals surface area contributed by atoms with Gasteiger partial charge in [-0.05, 0) is 41.9 Å². The van der Waals surface area contributed by atoms with E-state index in [9.17, 15) is 0 Å². The van der Waals surface area contributed by atoms with Crippen LogP contribution in [0.5, 0.6) is 0 Å². The maximum absolute atomic E-state index is 2.56. The summed E-state index contributed by atoms with van der Waals surface area (Å²) >= 11 is 3.93. The molecule has 0 saturated heterocycles. The number of para-hydroxylation sites is 4. The second-order valence-electron chi connectivity index (χ2n) is 13.2. The van der Waals surface area contributed by atoms with Crippen molar-refractivity contribution in [3.05, 3.63) is 127 Å². The van der Waals surface area contributed by atoms with Gasteiger partial charge < -0.3 is 8.80 Å². The summed E-state index contributed by atoms with van der Waals surface area (Å²) in [4.78, 5) is 5.56. The molecule has 0 saturated carbocycles. The van der Waals surface area contributed by atoms with Gasteiger partial charge in [-0.25, -0.2) is 0 Å². The van der Waals surface area contributed by atoms with Crippen LogP contribution in [0.15, 0.2) is 147 Å². The molecule has 214 valence electrons. The number of rotatable bonds is 0. The van der Waals surface area contributed by atoms with E-state index in [1.54, 1.807) is 0 Å². The van der Waals surface area contributed by atoms with Gasteiger partial charge in [0.25, 0.3) is 0 Å². The van der Waals surface area contributed by atoms with E-state index < -0.39 is 0 Å². The zero-order chi connectivity index (χ0) is 30.1. The number of aromatic nitrogens is 2. The van der Waals surface area contributed by atoms with E-state index in [0.717, 1.165) is 0 Å². The highest BCUT2D eigenvalue weighted by molar-refractivity contribution is 8.01. The zero-order valence-corrected chi connectivity index (χ0v) is 26.5. The summed E-state index contributed by atoms with van der Waals surface area (Å²) in [5.41, 5.74) is 12.2. The van der Waals surface area contributed by atoms with Gasteiger partial charge in [-0.2, -0.15) is 0 Å². The van der Waals surface area contributed by atoms with Crippen molar-refractivity contribution in [2.75, 3.05) is 0 Å². The van der Waals surface area contributed by atoms with Crippen LogP contribution in [0.25, 0.3) is 76.2 Å². The first kappa shape index (κ1) is 24.1. The van der Waals surface area contributed by atoms with Gasteiger partial charge in [0.05, 0.1) is 33.1 Å². The average Bonchev–Trinajstić information content (AvgIpc) is 3.84. The predicted molar refractivity (Wildman–Crippen MR) is 202 cm³/mol. The summed E-state index contributed by atoms with van der Waals surface area (Å²) in [5.74, 6) is 0. The van der Waals surface area contributed by atoms with Crippen LogP contribution in [0.2, 0.25) is 0 Å². The molecule has 0 atom stereocenters. The monoisotopic (exact) mass is 628 g/mol. The topological polar surface area (TPSA) is 8.82 Å². The minimum Gasteiger partial charge on any atom is -0.308 e. The summed E-state index contributed by atoms with van der Waals surface area (Å²) in [6.07, 6.45) is 0. The molecule has 6 heterocycles. The maximum atomic E-state index is 2.56. The van der Waals surface area contributed by atoms with Crippen molar-refractivity contribution in [2.45, 2.75) is 19.6 Å². The van der Waals surface area contributed by atoms with Crippen molar-refractivity contribution in [2.24, 2.45) is 0 Å². The van der Waals surface area contributed by atoms with Crippen molar-refractivity contribution >= 4 is 123 Å². The second-order valence-corrected chi connectivity index (χ2v) is 15.3. The van der Waals surface area contributed by atoms with Crippen LogP contribution >= 0.6 is 23.5 Å². The lowest BCUT2D eigenvalue weighted by Crippen LogP contribution is -2.58. The van der Waals surface area contributed by atoms with Gasteiger partial charge in [0.1, 0.15) is 0 Å². The molecule has 7 aromatic carbocycles. The van der Waals surface area contributed by atoms with Crippen LogP contribution in [0.3, 0.4) is 0 Å². The quantitative estimate of drug-likeness (QED) is 0.155. The molecule has 0 radical (unpaired) electrons. The number of nitrogens with zero attached hydrogens (tertiary/aromatic N) is 2. The first-order valence-electron chi connectivity index (χ1n) is 16.2. The normalized spacial score (nSPS) is 14.2. The van der Waals surface area contributed by atoms with Crippen LogP contribution < -0.4 is 16.4 Å². The average molecular weight is 629 g/mol.